The van der Waals surface area contributed by atoms with Gasteiger partial charge in [-0.15, -0.1) is 0 Å². The number of fused-ring (bicyclic) bond motifs is 6. The third-order valence-electron chi connectivity index (χ3n) is 15.4. The minimum atomic E-state index is -0.167. The van der Waals surface area contributed by atoms with Crippen molar-refractivity contribution in [1.82, 2.24) is 0 Å². The summed E-state index contributed by atoms with van der Waals surface area (Å²) in [5.41, 5.74) is 22.2. The van der Waals surface area contributed by atoms with Crippen molar-refractivity contribution in [3.8, 4) is 44.5 Å². The van der Waals surface area contributed by atoms with Gasteiger partial charge in [0.05, 0.1) is 22.7 Å². The molecule has 0 N–H and O–H groups in total. The summed E-state index contributed by atoms with van der Waals surface area (Å²) in [7, 11) is 0. The van der Waals surface area contributed by atoms with E-state index >= 15 is 0 Å². The van der Waals surface area contributed by atoms with Gasteiger partial charge in [0.25, 0.3) is 0 Å². The fourth-order valence-corrected chi connectivity index (χ4v) is 11.6. The van der Waals surface area contributed by atoms with E-state index in [0.29, 0.717) is 0 Å². The van der Waals surface area contributed by atoms with Gasteiger partial charge in [-0.2, -0.15) is 0 Å². The Morgan fingerprint density at radius 1 is 0.300 bits per heavy atom. The van der Waals surface area contributed by atoms with E-state index in [0.717, 1.165) is 17.1 Å². The van der Waals surface area contributed by atoms with Crippen LogP contribution in [-0.4, -0.2) is 0 Å². The Balaban J connectivity index is 0.801. The fourth-order valence-electron chi connectivity index (χ4n) is 11.6. The molecule has 0 aliphatic carbocycles. The topological polar surface area (TPSA) is 6.48 Å². The maximum atomic E-state index is 2.53. The number of benzene rings is 11. The summed E-state index contributed by atoms with van der Waals surface area (Å²) in [6.45, 7) is 9.58. The Morgan fingerprint density at radius 2 is 0.714 bits per heavy atom. The van der Waals surface area contributed by atoms with Gasteiger partial charge in [-0.3, -0.25) is 0 Å². The van der Waals surface area contributed by atoms with E-state index in [-0.39, 0.29) is 10.8 Å². The highest BCUT2D eigenvalue weighted by Gasteiger charge is 2.45. The Labute approximate surface area is 411 Å². The standard InChI is InChI=1S/C68H52N2/c1-67(2)59-20-10-12-22-64(59)70-65-23-13-11-21-60(65)68(3,4)62-44-55(43-61(67)66(62)70)49-27-25-47(26-28-49)51-29-31-54-42-52(30-32-53(54)41-51)48-35-39-57(40-36-48)69(63-24-14-18-50-17-8-9-19-58(50)63)56-37-33-46(34-38-56)45-15-6-5-7-16-45/h5-44H,1-4H3. The predicted octanol–water partition coefficient (Wildman–Crippen LogP) is 18.9. The molecule has 2 aliphatic rings. The summed E-state index contributed by atoms with van der Waals surface area (Å²) in [6.07, 6.45) is 0. The molecule has 13 rings (SSSR count). The van der Waals surface area contributed by atoms with Crippen LogP contribution in [0.15, 0.2) is 243 Å². The first-order valence-electron chi connectivity index (χ1n) is 24.6. The molecule has 0 amide bonds. The summed E-state index contributed by atoms with van der Waals surface area (Å²) in [5.74, 6) is 0. The van der Waals surface area contributed by atoms with Crippen LogP contribution in [-0.2, 0) is 10.8 Å². The van der Waals surface area contributed by atoms with Crippen molar-refractivity contribution in [3.05, 3.63) is 265 Å². The summed E-state index contributed by atoms with van der Waals surface area (Å²) < 4.78 is 0. The van der Waals surface area contributed by atoms with Gasteiger partial charge in [0.15, 0.2) is 0 Å². The van der Waals surface area contributed by atoms with Crippen LogP contribution in [0.25, 0.3) is 66.1 Å². The molecule has 0 unspecified atom stereocenters. The zero-order chi connectivity index (χ0) is 47.1. The second-order valence-corrected chi connectivity index (χ2v) is 20.2. The van der Waals surface area contributed by atoms with E-state index in [9.17, 15) is 0 Å². The number of hydrogen-bond acceptors (Lipinski definition) is 2. The molecule has 0 fully saturated rings. The molecule has 2 heteroatoms. The molecular formula is C68H52N2. The smallest absolute Gasteiger partial charge is 0.0544 e. The van der Waals surface area contributed by atoms with Crippen molar-refractivity contribution < 1.29 is 0 Å². The zero-order valence-electron chi connectivity index (χ0n) is 40.0. The molecule has 2 heterocycles. The van der Waals surface area contributed by atoms with Gasteiger partial charge >= 0.3 is 0 Å². The molecule has 0 atom stereocenters. The van der Waals surface area contributed by atoms with Gasteiger partial charge in [-0.25, -0.2) is 0 Å². The first-order valence-corrected chi connectivity index (χ1v) is 24.6. The molecular weight excluding hydrogens is 845 g/mol. The molecule has 0 radical (unpaired) electrons. The van der Waals surface area contributed by atoms with Gasteiger partial charge in [0.1, 0.15) is 0 Å². The molecule has 11 aromatic rings. The minimum Gasteiger partial charge on any atom is -0.310 e. The van der Waals surface area contributed by atoms with Crippen molar-refractivity contribution >= 4 is 55.7 Å². The van der Waals surface area contributed by atoms with E-state index < -0.39 is 0 Å². The average Bonchev–Trinajstić information content (AvgIpc) is 3.41. The summed E-state index contributed by atoms with van der Waals surface area (Å²) in [6, 6.07) is 89.6. The highest BCUT2D eigenvalue weighted by atomic mass is 15.2. The second kappa shape index (κ2) is 16.1. The van der Waals surface area contributed by atoms with Gasteiger partial charge in [-0.1, -0.05) is 204 Å². The SMILES string of the molecule is CC1(C)c2ccccc2N2c3ccccc3C(C)(C)c3cc(-c4ccc(-c5ccc6cc(-c7ccc(N(c8ccc(-c9ccccc9)cc8)c8cccc9ccccc89)cc7)ccc6c5)cc4)cc1c32. The molecule has 0 spiro atoms. The number of rotatable bonds is 7. The van der Waals surface area contributed by atoms with E-state index in [4.69, 9.17) is 0 Å². The number of para-hydroxylation sites is 2. The van der Waals surface area contributed by atoms with Crippen molar-refractivity contribution in [2.75, 3.05) is 9.80 Å². The molecule has 0 saturated heterocycles. The third-order valence-corrected chi connectivity index (χ3v) is 15.4. The maximum Gasteiger partial charge on any atom is 0.0544 e. The summed E-state index contributed by atoms with van der Waals surface area (Å²) >= 11 is 0. The highest BCUT2D eigenvalue weighted by Crippen LogP contribution is 2.60. The molecule has 334 valence electrons. The fraction of sp³-hybridized carbons (Fsp3) is 0.0882. The summed E-state index contributed by atoms with van der Waals surface area (Å²) in [4.78, 5) is 4.91. The molecule has 2 nitrogen and oxygen atoms in total. The number of nitrogens with zero attached hydrogens (tertiary/aromatic N) is 2. The third kappa shape index (κ3) is 6.70. The van der Waals surface area contributed by atoms with Crippen LogP contribution in [0, 0.1) is 0 Å². The molecule has 2 aliphatic heterocycles. The van der Waals surface area contributed by atoms with Crippen LogP contribution in [0.5, 0.6) is 0 Å². The van der Waals surface area contributed by atoms with Crippen molar-refractivity contribution in [1.29, 1.82) is 0 Å². The molecule has 70 heavy (non-hydrogen) atoms. The van der Waals surface area contributed by atoms with E-state index in [2.05, 4.69) is 280 Å². The Morgan fingerprint density at radius 3 is 1.27 bits per heavy atom. The monoisotopic (exact) mass is 896 g/mol. The molecule has 0 saturated carbocycles. The number of hydrogen-bond donors (Lipinski definition) is 0. The second-order valence-electron chi connectivity index (χ2n) is 20.2. The van der Waals surface area contributed by atoms with Gasteiger partial charge < -0.3 is 9.80 Å². The first kappa shape index (κ1) is 41.7. The largest absolute Gasteiger partial charge is 0.310 e. The lowest BCUT2D eigenvalue weighted by Crippen LogP contribution is -2.38. The lowest BCUT2D eigenvalue weighted by molar-refractivity contribution is 0.598. The van der Waals surface area contributed by atoms with E-state index in [1.165, 1.54) is 105 Å². The van der Waals surface area contributed by atoms with E-state index in [1.807, 2.05) is 0 Å². The average molecular weight is 897 g/mol. The molecule has 0 bridgehead atoms. The van der Waals surface area contributed by atoms with Crippen LogP contribution in [0.1, 0.15) is 49.9 Å². The van der Waals surface area contributed by atoms with Gasteiger partial charge in [0.2, 0.25) is 0 Å². The minimum absolute atomic E-state index is 0.167. The van der Waals surface area contributed by atoms with Crippen LogP contribution < -0.4 is 9.80 Å². The van der Waals surface area contributed by atoms with Crippen LogP contribution in [0.4, 0.5) is 34.1 Å². The zero-order valence-corrected chi connectivity index (χ0v) is 40.0. The van der Waals surface area contributed by atoms with E-state index in [1.54, 1.807) is 0 Å². The lowest BCUT2D eigenvalue weighted by Gasteiger charge is -2.49. The van der Waals surface area contributed by atoms with Crippen molar-refractivity contribution in [2.24, 2.45) is 0 Å². The van der Waals surface area contributed by atoms with Crippen LogP contribution in [0.3, 0.4) is 0 Å². The van der Waals surface area contributed by atoms with Gasteiger partial charge in [0, 0.05) is 27.6 Å². The van der Waals surface area contributed by atoms with Gasteiger partial charge in [-0.05, 0) is 150 Å². The Hall–Kier alpha value is -8.46. The quantitative estimate of drug-likeness (QED) is 0.157. The van der Waals surface area contributed by atoms with Crippen molar-refractivity contribution in [2.45, 2.75) is 38.5 Å². The summed E-state index contributed by atoms with van der Waals surface area (Å²) in [5, 5.41) is 4.89. The lowest BCUT2D eigenvalue weighted by atomic mass is 9.65. The normalized spacial score (nSPS) is 13.9. The highest BCUT2D eigenvalue weighted by molar-refractivity contribution is 6.00. The van der Waals surface area contributed by atoms with Crippen LogP contribution in [0.2, 0.25) is 0 Å². The Kier molecular flexibility index (Phi) is 9.58. The van der Waals surface area contributed by atoms with Crippen molar-refractivity contribution in [3.63, 3.8) is 0 Å². The first-order chi connectivity index (χ1) is 34.2. The number of anilines is 6. The molecule has 0 aromatic heterocycles. The molecule has 11 aromatic carbocycles. The predicted molar refractivity (Wildman–Crippen MR) is 297 cm³/mol. The Bertz CT molecular complexity index is 3720. The van der Waals surface area contributed by atoms with Crippen LogP contribution >= 0.6 is 0 Å². The maximum absolute atomic E-state index is 2.53.